The maximum Gasteiger partial charge on any atom is 0.328 e. The SMILES string of the molecule is CN(CC(N)=O)C(=O)Nc1ccc(/C=C/C(=O)O)cc1. The first kappa shape index (κ1) is 15.2. The van der Waals surface area contributed by atoms with Crippen molar-refractivity contribution in [3.05, 3.63) is 35.9 Å². The second kappa shape index (κ2) is 6.93. The Labute approximate surface area is 115 Å². The van der Waals surface area contributed by atoms with Crippen LogP contribution in [0.3, 0.4) is 0 Å². The van der Waals surface area contributed by atoms with Crippen LogP contribution in [0.2, 0.25) is 0 Å². The summed E-state index contributed by atoms with van der Waals surface area (Å²) in [5.74, 6) is -1.63. The van der Waals surface area contributed by atoms with Crippen LogP contribution in [-0.2, 0) is 9.59 Å². The summed E-state index contributed by atoms with van der Waals surface area (Å²) in [7, 11) is 1.45. The van der Waals surface area contributed by atoms with Crippen molar-refractivity contribution in [2.75, 3.05) is 18.9 Å². The zero-order valence-electron chi connectivity index (χ0n) is 10.9. The lowest BCUT2D eigenvalue weighted by Gasteiger charge is -2.16. The van der Waals surface area contributed by atoms with Gasteiger partial charge in [-0.1, -0.05) is 12.1 Å². The highest BCUT2D eigenvalue weighted by Crippen LogP contribution is 2.11. The number of hydrogen-bond acceptors (Lipinski definition) is 3. The van der Waals surface area contributed by atoms with Gasteiger partial charge >= 0.3 is 12.0 Å². The van der Waals surface area contributed by atoms with Gasteiger partial charge in [-0.15, -0.1) is 0 Å². The molecule has 0 aliphatic heterocycles. The number of benzene rings is 1. The van der Waals surface area contributed by atoms with Gasteiger partial charge in [-0.05, 0) is 23.8 Å². The van der Waals surface area contributed by atoms with Crippen molar-refractivity contribution in [2.45, 2.75) is 0 Å². The zero-order chi connectivity index (χ0) is 15.1. The average molecular weight is 277 g/mol. The van der Waals surface area contributed by atoms with E-state index in [9.17, 15) is 14.4 Å². The molecule has 0 saturated heterocycles. The molecule has 0 saturated carbocycles. The third-order valence-corrected chi connectivity index (χ3v) is 2.32. The average Bonchev–Trinajstić information content (AvgIpc) is 2.37. The number of nitrogens with two attached hydrogens (primary N) is 1. The van der Waals surface area contributed by atoms with E-state index in [1.54, 1.807) is 24.3 Å². The van der Waals surface area contributed by atoms with E-state index in [1.807, 2.05) is 0 Å². The van der Waals surface area contributed by atoms with Gasteiger partial charge in [0.2, 0.25) is 5.91 Å². The Morgan fingerprint density at radius 2 is 1.90 bits per heavy atom. The van der Waals surface area contributed by atoms with Gasteiger partial charge in [0.15, 0.2) is 0 Å². The Bertz CT molecular complexity index is 537. The fourth-order valence-electron chi connectivity index (χ4n) is 1.37. The van der Waals surface area contributed by atoms with Gasteiger partial charge in [0.25, 0.3) is 0 Å². The normalized spacial score (nSPS) is 10.2. The molecule has 0 aromatic heterocycles. The molecule has 0 heterocycles. The summed E-state index contributed by atoms with van der Waals surface area (Å²) >= 11 is 0. The van der Waals surface area contributed by atoms with Crippen molar-refractivity contribution in [3.63, 3.8) is 0 Å². The number of aliphatic carboxylic acids is 1. The van der Waals surface area contributed by atoms with E-state index >= 15 is 0 Å². The first-order valence-electron chi connectivity index (χ1n) is 5.70. The zero-order valence-corrected chi connectivity index (χ0v) is 10.9. The molecule has 4 N–H and O–H groups in total. The number of primary amides is 1. The number of urea groups is 1. The molecule has 1 rings (SSSR count). The van der Waals surface area contributed by atoms with Crippen molar-refractivity contribution in [2.24, 2.45) is 5.73 Å². The van der Waals surface area contributed by atoms with Gasteiger partial charge < -0.3 is 21.1 Å². The number of hydrogen-bond donors (Lipinski definition) is 3. The highest BCUT2D eigenvalue weighted by molar-refractivity contribution is 5.92. The van der Waals surface area contributed by atoms with Crippen LogP contribution >= 0.6 is 0 Å². The van der Waals surface area contributed by atoms with E-state index in [2.05, 4.69) is 5.32 Å². The molecule has 7 nitrogen and oxygen atoms in total. The number of rotatable bonds is 5. The van der Waals surface area contributed by atoms with Gasteiger partial charge in [0.1, 0.15) is 6.54 Å². The largest absolute Gasteiger partial charge is 0.478 e. The van der Waals surface area contributed by atoms with Crippen LogP contribution in [0.5, 0.6) is 0 Å². The molecule has 0 aliphatic carbocycles. The Hall–Kier alpha value is -2.83. The topological polar surface area (TPSA) is 113 Å². The molecule has 106 valence electrons. The molecule has 0 fully saturated rings. The number of carbonyl (C=O) groups excluding carboxylic acids is 2. The maximum absolute atomic E-state index is 11.7. The Morgan fingerprint density at radius 1 is 1.30 bits per heavy atom. The Balaban J connectivity index is 2.63. The van der Waals surface area contributed by atoms with Crippen LogP contribution in [0.15, 0.2) is 30.3 Å². The molecular formula is C13H15N3O4. The maximum atomic E-state index is 11.7. The van der Waals surface area contributed by atoms with Gasteiger partial charge in [-0.2, -0.15) is 0 Å². The molecule has 3 amide bonds. The molecule has 1 aromatic rings. The number of anilines is 1. The van der Waals surface area contributed by atoms with Crippen molar-refractivity contribution < 1.29 is 19.5 Å². The van der Waals surface area contributed by atoms with E-state index in [1.165, 1.54) is 13.1 Å². The van der Waals surface area contributed by atoms with Crippen LogP contribution in [0.1, 0.15) is 5.56 Å². The fraction of sp³-hybridized carbons (Fsp3) is 0.154. The summed E-state index contributed by atoms with van der Waals surface area (Å²) in [5.41, 5.74) is 6.20. The van der Waals surface area contributed by atoms with Crippen LogP contribution < -0.4 is 11.1 Å². The molecular weight excluding hydrogens is 262 g/mol. The van der Waals surface area contributed by atoms with E-state index in [-0.39, 0.29) is 6.54 Å². The van der Waals surface area contributed by atoms with Gasteiger partial charge in [0, 0.05) is 18.8 Å². The minimum atomic E-state index is -1.03. The number of carbonyl (C=O) groups is 3. The summed E-state index contributed by atoms with van der Waals surface area (Å²) < 4.78 is 0. The van der Waals surface area contributed by atoms with E-state index in [4.69, 9.17) is 10.8 Å². The monoisotopic (exact) mass is 277 g/mol. The van der Waals surface area contributed by atoms with Gasteiger partial charge in [-0.3, -0.25) is 4.79 Å². The molecule has 0 bridgehead atoms. The van der Waals surface area contributed by atoms with Crippen molar-refractivity contribution >= 4 is 29.7 Å². The van der Waals surface area contributed by atoms with Gasteiger partial charge in [0.05, 0.1) is 0 Å². The second-order valence-electron chi connectivity index (χ2n) is 4.05. The predicted octanol–water partition coefficient (Wildman–Crippen LogP) is 0.733. The number of nitrogens with zero attached hydrogens (tertiary/aromatic N) is 1. The van der Waals surface area contributed by atoms with E-state index < -0.39 is 17.9 Å². The number of nitrogens with one attached hydrogen (secondary N) is 1. The van der Waals surface area contributed by atoms with Crippen LogP contribution in [0.25, 0.3) is 6.08 Å². The number of carboxylic acid groups (broad SMARTS) is 1. The highest BCUT2D eigenvalue weighted by Gasteiger charge is 2.10. The lowest BCUT2D eigenvalue weighted by molar-refractivity contribution is -0.131. The van der Waals surface area contributed by atoms with Crippen LogP contribution in [-0.4, -0.2) is 41.5 Å². The Morgan fingerprint density at radius 3 is 2.40 bits per heavy atom. The molecule has 0 atom stereocenters. The molecule has 0 unspecified atom stereocenters. The van der Waals surface area contributed by atoms with Gasteiger partial charge in [-0.25, -0.2) is 9.59 Å². The molecule has 1 aromatic carbocycles. The van der Waals surface area contributed by atoms with Crippen molar-refractivity contribution in [3.8, 4) is 0 Å². The summed E-state index contributed by atoms with van der Waals surface area (Å²) in [5, 5.41) is 11.1. The second-order valence-corrected chi connectivity index (χ2v) is 4.05. The van der Waals surface area contributed by atoms with Crippen molar-refractivity contribution in [1.29, 1.82) is 0 Å². The van der Waals surface area contributed by atoms with Crippen LogP contribution in [0, 0.1) is 0 Å². The molecule has 20 heavy (non-hydrogen) atoms. The fourth-order valence-corrected chi connectivity index (χ4v) is 1.37. The van der Waals surface area contributed by atoms with E-state index in [0.717, 1.165) is 11.0 Å². The number of carboxylic acids is 1. The minimum Gasteiger partial charge on any atom is -0.478 e. The standard InChI is InChI=1S/C13H15N3O4/c1-16(8-11(14)17)13(20)15-10-5-2-9(3-6-10)4-7-12(18)19/h2-7H,8H2,1H3,(H2,14,17)(H,15,20)(H,18,19)/b7-4+. The number of likely N-dealkylation sites (N-methyl/N-ethyl adjacent to an activating group) is 1. The summed E-state index contributed by atoms with van der Waals surface area (Å²) in [6.45, 7) is -0.175. The lowest BCUT2D eigenvalue weighted by atomic mass is 10.2. The third kappa shape index (κ3) is 5.21. The quantitative estimate of drug-likeness (QED) is 0.688. The predicted molar refractivity (Wildman–Crippen MR) is 74.0 cm³/mol. The third-order valence-electron chi connectivity index (χ3n) is 2.32. The lowest BCUT2D eigenvalue weighted by Crippen LogP contribution is -2.38. The smallest absolute Gasteiger partial charge is 0.328 e. The first-order chi connectivity index (χ1) is 9.38. The first-order valence-corrected chi connectivity index (χ1v) is 5.70. The molecule has 0 radical (unpaired) electrons. The number of amides is 3. The van der Waals surface area contributed by atoms with Crippen molar-refractivity contribution in [1.82, 2.24) is 4.90 Å². The summed E-state index contributed by atoms with van der Waals surface area (Å²) in [6, 6.07) is 6.10. The summed E-state index contributed by atoms with van der Waals surface area (Å²) in [6.07, 6.45) is 2.46. The minimum absolute atomic E-state index is 0.175. The highest BCUT2D eigenvalue weighted by atomic mass is 16.4. The van der Waals surface area contributed by atoms with Crippen LogP contribution in [0.4, 0.5) is 10.5 Å². The molecule has 0 aliphatic rings. The molecule has 7 heteroatoms. The summed E-state index contributed by atoms with van der Waals surface area (Å²) in [4.78, 5) is 33.9. The van der Waals surface area contributed by atoms with E-state index in [0.29, 0.717) is 11.3 Å². The Kier molecular flexibility index (Phi) is 5.28. The molecule has 0 spiro atoms.